The van der Waals surface area contributed by atoms with E-state index in [4.69, 9.17) is 0 Å². The molecule has 2 rings (SSSR count). The van der Waals surface area contributed by atoms with Crippen LogP contribution in [-0.2, 0) is 11.3 Å². The zero-order valence-corrected chi connectivity index (χ0v) is 13.8. The number of nitrogens with zero attached hydrogens (tertiary/aromatic N) is 4. The molecule has 1 aliphatic heterocycles. The normalized spacial score (nSPS) is 19.1. The van der Waals surface area contributed by atoms with Gasteiger partial charge in [0.25, 0.3) is 0 Å². The van der Waals surface area contributed by atoms with Gasteiger partial charge in [-0.15, -0.1) is 0 Å². The minimum absolute atomic E-state index is 0.256. The van der Waals surface area contributed by atoms with Crippen molar-refractivity contribution < 1.29 is 4.79 Å². The average Bonchev–Trinajstić information content (AvgIpc) is 2.95. The Morgan fingerprint density at radius 1 is 1.48 bits per heavy atom. The number of aryl methyl sites for hydroxylation is 3. The van der Waals surface area contributed by atoms with Crippen LogP contribution in [0.1, 0.15) is 30.7 Å². The summed E-state index contributed by atoms with van der Waals surface area (Å²) in [6.07, 6.45) is 2.67. The van der Waals surface area contributed by atoms with Crippen LogP contribution in [0.25, 0.3) is 0 Å². The van der Waals surface area contributed by atoms with Gasteiger partial charge in [-0.2, -0.15) is 5.10 Å². The minimum Gasteiger partial charge on any atom is -0.345 e. The van der Waals surface area contributed by atoms with E-state index in [1.165, 1.54) is 12.1 Å². The molecule has 0 aromatic carbocycles. The van der Waals surface area contributed by atoms with E-state index < -0.39 is 0 Å². The molecular formula is C16H28N4O. The number of hydrogen-bond acceptors (Lipinski definition) is 3. The van der Waals surface area contributed by atoms with Crippen molar-refractivity contribution in [1.82, 2.24) is 19.6 Å². The third-order valence-electron chi connectivity index (χ3n) is 4.31. The Kier molecular flexibility index (Phi) is 5.39. The number of likely N-dealkylation sites (tertiary alicyclic amines) is 1. The van der Waals surface area contributed by atoms with Crippen molar-refractivity contribution in [3.8, 4) is 0 Å². The van der Waals surface area contributed by atoms with Gasteiger partial charge in [-0.05, 0) is 52.3 Å². The van der Waals surface area contributed by atoms with Gasteiger partial charge < -0.3 is 9.80 Å². The quantitative estimate of drug-likeness (QED) is 0.801. The Balaban J connectivity index is 1.70. The molecule has 1 saturated heterocycles. The second kappa shape index (κ2) is 7.07. The molecule has 5 nitrogen and oxygen atoms in total. The van der Waals surface area contributed by atoms with Gasteiger partial charge in [0.1, 0.15) is 0 Å². The van der Waals surface area contributed by atoms with Crippen molar-refractivity contribution in [3.63, 3.8) is 0 Å². The fourth-order valence-corrected chi connectivity index (χ4v) is 3.14. The molecular weight excluding hydrogens is 264 g/mol. The highest BCUT2D eigenvalue weighted by Crippen LogP contribution is 2.15. The number of carbonyl (C=O) groups is 1. The van der Waals surface area contributed by atoms with Crippen LogP contribution in [-0.4, -0.2) is 59.2 Å². The molecule has 118 valence electrons. The van der Waals surface area contributed by atoms with Crippen molar-refractivity contribution in [2.45, 2.75) is 39.7 Å². The first kappa shape index (κ1) is 16.0. The molecule has 1 amide bonds. The van der Waals surface area contributed by atoms with Crippen molar-refractivity contribution in [3.05, 3.63) is 17.5 Å². The molecule has 0 N–H and O–H groups in total. The second-order valence-electron chi connectivity index (χ2n) is 6.45. The molecule has 0 bridgehead atoms. The molecule has 5 heteroatoms. The molecule has 0 aliphatic carbocycles. The van der Waals surface area contributed by atoms with Gasteiger partial charge in [0, 0.05) is 38.8 Å². The third-order valence-corrected chi connectivity index (χ3v) is 4.31. The first-order valence-electron chi connectivity index (χ1n) is 7.89. The lowest BCUT2D eigenvalue weighted by Gasteiger charge is -2.21. The van der Waals surface area contributed by atoms with Gasteiger partial charge in [0.05, 0.1) is 5.69 Å². The standard InChI is InChI=1S/C16H28N4O/c1-13-10-14(2)20(17-13)8-5-6-16(21)19(4)12-15-7-9-18(3)11-15/h10,15H,5-9,11-12H2,1-4H3/t15-/m0/s1. The van der Waals surface area contributed by atoms with Crippen LogP contribution in [0.3, 0.4) is 0 Å². The summed E-state index contributed by atoms with van der Waals surface area (Å²) >= 11 is 0. The Labute approximate surface area is 127 Å². The molecule has 2 heterocycles. The number of hydrogen-bond donors (Lipinski definition) is 0. The maximum atomic E-state index is 12.2. The summed E-state index contributed by atoms with van der Waals surface area (Å²) < 4.78 is 1.99. The van der Waals surface area contributed by atoms with Gasteiger partial charge in [-0.1, -0.05) is 0 Å². The first-order valence-corrected chi connectivity index (χ1v) is 7.89. The summed E-state index contributed by atoms with van der Waals surface area (Å²) in [6, 6.07) is 2.07. The monoisotopic (exact) mass is 292 g/mol. The van der Waals surface area contributed by atoms with Gasteiger partial charge in [0.2, 0.25) is 5.91 Å². The maximum Gasteiger partial charge on any atom is 0.222 e. The predicted octanol–water partition coefficient (Wildman–Crippen LogP) is 1.69. The molecule has 21 heavy (non-hydrogen) atoms. The Morgan fingerprint density at radius 2 is 2.24 bits per heavy atom. The predicted molar refractivity (Wildman–Crippen MR) is 84.2 cm³/mol. The zero-order chi connectivity index (χ0) is 15.4. The fraction of sp³-hybridized carbons (Fsp3) is 0.750. The van der Waals surface area contributed by atoms with E-state index in [-0.39, 0.29) is 5.91 Å². The summed E-state index contributed by atoms with van der Waals surface area (Å²) in [4.78, 5) is 16.4. The largest absolute Gasteiger partial charge is 0.345 e. The van der Waals surface area contributed by atoms with Gasteiger partial charge in [-0.25, -0.2) is 0 Å². The van der Waals surface area contributed by atoms with Crippen LogP contribution < -0.4 is 0 Å². The SMILES string of the molecule is Cc1cc(C)n(CCCC(=O)N(C)C[C@H]2CCN(C)C2)n1. The van der Waals surface area contributed by atoms with E-state index in [1.807, 2.05) is 23.6 Å². The summed E-state index contributed by atoms with van der Waals surface area (Å²) in [5.41, 5.74) is 2.21. The van der Waals surface area contributed by atoms with Crippen LogP contribution in [0, 0.1) is 19.8 Å². The fourth-order valence-electron chi connectivity index (χ4n) is 3.14. The lowest BCUT2D eigenvalue weighted by Crippen LogP contribution is -2.32. The highest BCUT2D eigenvalue weighted by molar-refractivity contribution is 5.75. The zero-order valence-electron chi connectivity index (χ0n) is 13.8. The second-order valence-corrected chi connectivity index (χ2v) is 6.45. The summed E-state index contributed by atoms with van der Waals surface area (Å²) in [5, 5.41) is 4.43. The van der Waals surface area contributed by atoms with Gasteiger partial charge >= 0.3 is 0 Å². The average molecular weight is 292 g/mol. The topological polar surface area (TPSA) is 41.4 Å². The number of rotatable bonds is 6. The smallest absolute Gasteiger partial charge is 0.222 e. The molecule has 0 radical (unpaired) electrons. The molecule has 1 aliphatic rings. The number of aromatic nitrogens is 2. The van der Waals surface area contributed by atoms with Crippen molar-refractivity contribution in [1.29, 1.82) is 0 Å². The van der Waals surface area contributed by atoms with E-state index in [0.29, 0.717) is 12.3 Å². The van der Waals surface area contributed by atoms with E-state index >= 15 is 0 Å². The van der Waals surface area contributed by atoms with Gasteiger partial charge in [-0.3, -0.25) is 9.48 Å². The van der Waals surface area contributed by atoms with Crippen molar-refractivity contribution >= 4 is 5.91 Å². The molecule has 0 spiro atoms. The minimum atomic E-state index is 0.256. The first-order chi connectivity index (χ1) is 9.95. The van der Waals surface area contributed by atoms with Crippen LogP contribution in [0.5, 0.6) is 0 Å². The van der Waals surface area contributed by atoms with Crippen LogP contribution >= 0.6 is 0 Å². The Morgan fingerprint density at radius 3 is 2.81 bits per heavy atom. The summed E-state index contributed by atoms with van der Waals surface area (Å²) in [5.74, 6) is 0.894. The molecule has 1 fully saturated rings. The van der Waals surface area contributed by atoms with Crippen LogP contribution in [0.15, 0.2) is 6.07 Å². The maximum absolute atomic E-state index is 12.2. The Bertz CT molecular complexity index is 483. The lowest BCUT2D eigenvalue weighted by molar-refractivity contribution is -0.130. The van der Waals surface area contributed by atoms with Crippen LogP contribution in [0.4, 0.5) is 0 Å². The number of amides is 1. The van der Waals surface area contributed by atoms with Crippen molar-refractivity contribution in [2.75, 3.05) is 33.7 Å². The Hall–Kier alpha value is -1.36. The summed E-state index contributed by atoms with van der Waals surface area (Å²) in [7, 11) is 4.08. The van der Waals surface area contributed by atoms with E-state index in [2.05, 4.69) is 30.0 Å². The summed E-state index contributed by atoms with van der Waals surface area (Å²) in [6.45, 7) is 8.05. The highest BCUT2D eigenvalue weighted by atomic mass is 16.2. The molecule has 1 aromatic heterocycles. The molecule has 0 unspecified atom stereocenters. The lowest BCUT2D eigenvalue weighted by atomic mass is 10.1. The molecule has 1 atom stereocenters. The van der Waals surface area contributed by atoms with Gasteiger partial charge in [0.15, 0.2) is 0 Å². The van der Waals surface area contributed by atoms with Crippen LogP contribution in [0.2, 0.25) is 0 Å². The number of carbonyl (C=O) groups excluding carboxylic acids is 1. The van der Waals surface area contributed by atoms with E-state index in [1.54, 1.807) is 0 Å². The van der Waals surface area contributed by atoms with Crippen molar-refractivity contribution in [2.24, 2.45) is 5.92 Å². The van der Waals surface area contributed by atoms with E-state index in [9.17, 15) is 4.79 Å². The molecule has 0 saturated carbocycles. The van der Waals surface area contributed by atoms with E-state index in [0.717, 1.165) is 38.3 Å². The molecule has 1 aromatic rings. The third kappa shape index (κ3) is 4.56. The highest BCUT2D eigenvalue weighted by Gasteiger charge is 2.22.